The fraction of sp³-hybridized carbons (Fsp3) is 0.167. The maximum absolute atomic E-state index is 12.3. The van der Waals surface area contributed by atoms with E-state index < -0.39 is 0 Å². The molecule has 116 valence electrons. The minimum absolute atomic E-state index is 0.0434. The Kier molecular flexibility index (Phi) is 4.19. The van der Waals surface area contributed by atoms with Crippen LogP contribution >= 0.6 is 0 Å². The smallest absolute Gasteiger partial charge is 0.269 e. The molecule has 0 aliphatic carbocycles. The highest BCUT2D eigenvalue weighted by molar-refractivity contribution is 5.91. The largest absolute Gasteiger partial charge is 0.325 e. The van der Waals surface area contributed by atoms with E-state index in [1.54, 1.807) is 6.07 Å². The molecule has 5 nitrogen and oxygen atoms in total. The molecule has 0 bridgehead atoms. The van der Waals surface area contributed by atoms with E-state index >= 15 is 0 Å². The van der Waals surface area contributed by atoms with E-state index in [4.69, 9.17) is 0 Å². The zero-order chi connectivity index (χ0) is 16.2. The Hall–Kier alpha value is -2.95. The van der Waals surface area contributed by atoms with Gasteiger partial charge in [-0.3, -0.25) is 14.2 Å². The quantitative estimate of drug-likeness (QED) is 0.806. The summed E-state index contributed by atoms with van der Waals surface area (Å²) in [6.45, 7) is 2.02. The van der Waals surface area contributed by atoms with E-state index in [1.165, 1.54) is 10.8 Å². The van der Waals surface area contributed by atoms with Crippen molar-refractivity contribution >= 4 is 22.6 Å². The van der Waals surface area contributed by atoms with Crippen LogP contribution in [-0.2, 0) is 17.8 Å². The molecular formula is C18H17N3O2. The number of nitrogens with one attached hydrogen (secondary N) is 1. The summed E-state index contributed by atoms with van der Waals surface area (Å²) in [6.07, 6.45) is 2.14. The van der Waals surface area contributed by atoms with Crippen LogP contribution in [0, 0.1) is 0 Å². The van der Waals surface area contributed by atoms with Gasteiger partial charge in [0.05, 0.1) is 17.2 Å². The molecule has 2 aromatic carbocycles. The summed E-state index contributed by atoms with van der Waals surface area (Å²) >= 11 is 0. The second-order valence-electron chi connectivity index (χ2n) is 5.27. The van der Waals surface area contributed by atoms with E-state index in [0.717, 1.165) is 17.7 Å². The van der Waals surface area contributed by atoms with E-state index in [0.29, 0.717) is 11.0 Å². The molecule has 0 spiro atoms. The van der Waals surface area contributed by atoms with Gasteiger partial charge in [0.25, 0.3) is 5.56 Å². The van der Waals surface area contributed by atoms with Gasteiger partial charge in [0.1, 0.15) is 6.54 Å². The highest BCUT2D eigenvalue weighted by Crippen LogP contribution is 2.12. The summed E-state index contributed by atoms with van der Waals surface area (Å²) in [5, 5.41) is 2.84. The second-order valence-corrected chi connectivity index (χ2v) is 5.27. The normalized spacial score (nSPS) is 10.7. The zero-order valence-corrected chi connectivity index (χ0v) is 12.8. The molecule has 0 aliphatic rings. The van der Waals surface area contributed by atoms with Crippen LogP contribution in [-0.4, -0.2) is 15.5 Å². The second kappa shape index (κ2) is 6.44. The summed E-state index contributed by atoms with van der Waals surface area (Å²) in [7, 11) is 0. The Morgan fingerprint density at radius 1 is 1.17 bits per heavy atom. The number of para-hydroxylation sites is 2. The highest BCUT2D eigenvalue weighted by Gasteiger charge is 2.09. The van der Waals surface area contributed by atoms with E-state index in [9.17, 15) is 9.59 Å². The molecule has 0 unspecified atom stereocenters. The molecule has 1 N–H and O–H groups in total. The van der Waals surface area contributed by atoms with Crippen molar-refractivity contribution in [2.24, 2.45) is 0 Å². The van der Waals surface area contributed by atoms with Crippen molar-refractivity contribution in [2.75, 3.05) is 5.32 Å². The lowest BCUT2D eigenvalue weighted by atomic mass is 10.1. The Morgan fingerprint density at radius 2 is 2.00 bits per heavy atom. The molecule has 5 heteroatoms. The van der Waals surface area contributed by atoms with Crippen molar-refractivity contribution in [3.05, 3.63) is 70.6 Å². The number of hydrogen-bond acceptors (Lipinski definition) is 3. The molecule has 0 radical (unpaired) electrons. The first-order valence-electron chi connectivity index (χ1n) is 7.51. The Balaban J connectivity index is 1.85. The number of aryl methyl sites for hydroxylation is 1. The molecule has 1 amide bonds. The van der Waals surface area contributed by atoms with Gasteiger partial charge < -0.3 is 5.32 Å². The number of carbonyl (C=O) groups excluding carboxylic acids is 1. The number of benzene rings is 2. The molecule has 3 aromatic rings. The number of rotatable bonds is 4. The lowest BCUT2D eigenvalue weighted by Crippen LogP contribution is -2.28. The van der Waals surface area contributed by atoms with Gasteiger partial charge in [-0.1, -0.05) is 31.2 Å². The third kappa shape index (κ3) is 3.29. The molecular weight excluding hydrogens is 290 g/mol. The summed E-state index contributed by atoms with van der Waals surface area (Å²) in [6, 6.07) is 15.0. The van der Waals surface area contributed by atoms with E-state index in [2.05, 4.69) is 17.2 Å². The number of anilines is 1. The molecule has 3 rings (SSSR count). The molecule has 0 aliphatic heterocycles. The van der Waals surface area contributed by atoms with Crippen molar-refractivity contribution in [1.29, 1.82) is 0 Å². The summed E-state index contributed by atoms with van der Waals surface area (Å²) < 4.78 is 1.43. The lowest BCUT2D eigenvalue weighted by molar-refractivity contribution is -0.116. The number of fused-ring (bicyclic) bond motifs is 1. The number of hydrogen-bond donors (Lipinski definition) is 1. The first kappa shape index (κ1) is 15.0. The van der Waals surface area contributed by atoms with Crippen LogP contribution < -0.4 is 10.9 Å². The third-order valence-electron chi connectivity index (χ3n) is 3.67. The third-order valence-corrected chi connectivity index (χ3v) is 3.67. The van der Waals surface area contributed by atoms with Crippen molar-refractivity contribution in [1.82, 2.24) is 9.55 Å². The Labute approximate surface area is 133 Å². The first-order valence-corrected chi connectivity index (χ1v) is 7.51. The monoisotopic (exact) mass is 307 g/mol. The van der Waals surface area contributed by atoms with Gasteiger partial charge in [-0.2, -0.15) is 0 Å². The molecule has 0 atom stereocenters. The molecule has 1 aromatic heterocycles. The molecule has 23 heavy (non-hydrogen) atoms. The number of carbonyl (C=O) groups is 1. The molecule has 0 saturated heterocycles. The molecule has 0 fully saturated rings. The minimum atomic E-state index is -0.291. The first-order chi connectivity index (χ1) is 11.2. The SMILES string of the molecule is CCc1cccc(NC(=O)Cn2c(=O)cnc3ccccc32)c1. The maximum Gasteiger partial charge on any atom is 0.269 e. The number of amides is 1. The van der Waals surface area contributed by atoms with Gasteiger partial charge >= 0.3 is 0 Å². The summed E-state index contributed by atoms with van der Waals surface area (Å²) in [5.41, 5.74) is 2.93. The van der Waals surface area contributed by atoms with Crippen LogP contribution in [0.2, 0.25) is 0 Å². The van der Waals surface area contributed by atoms with Gasteiger partial charge in [-0.05, 0) is 36.2 Å². The van der Waals surface area contributed by atoms with Crippen LogP contribution in [0.25, 0.3) is 11.0 Å². The van der Waals surface area contributed by atoms with Gasteiger partial charge in [-0.15, -0.1) is 0 Å². The Morgan fingerprint density at radius 3 is 2.83 bits per heavy atom. The van der Waals surface area contributed by atoms with Crippen LogP contribution in [0.1, 0.15) is 12.5 Å². The number of nitrogens with zero attached hydrogens (tertiary/aromatic N) is 2. The van der Waals surface area contributed by atoms with Crippen molar-refractivity contribution < 1.29 is 4.79 Å². The van der Waals surface area contributed by atoms with E-state index in [1.807, 2.05) is 42.5 Å². The topological polar surface area (TPSA) is 64.0 Å². The predicted octanol–water partition coefficient (Wildman–Crippen LogP) is 2.60. The van der Waals surface area contributed by atoms with Crippen LogP contribution in [0.15, 0.2) is 59.5 Å². The standard InChI is InChI=1S/C18H17N3O2/c1-2-13-6-5-7-14(10-13)20-17(22)12-21-16-9-4-3-8-15(16)19-11-18(21)23/h3-11H,2,12H2,1H3,(H,20,22). The van der Waals surface area contributed by atoms with Crippen LogP contribution in [0.5, 0.6) is 0 Å². The average Bonchev–Trinajstić information content (AvgIpc) is 2.57. The fourth-order valence-corrected chi connectivity index (χ4v) is 2.49. The van der Waals surface area contributed by atoms with Gasteiger partial charge in [0.2, 0.25) is 5.91 Å². The van der Waals surface area contributed by atoms with Crippen molar-refractivity contribution in [3.8, 4) is 0 Å². The zero-order valence-electron chi connectivity index (χ0n) is 12.8. The minimum Gasteiger partial charge on any atom is -0.325 e. The molecule has 0 saturated carbocycles. The summed E-state index contributed by atoms with van der Waals surface area (Å²) in [4.78, 5) is 28.4. The summed E-state index contributed by atoms with van der Waals surface area (Å²) in [5.74, 6) is -0.239. The highest BCUT2D eigenvalue weighted by atomic mass is 16.2. The average molecular weight is 307 g/mol. The molecule has 1 heterocycles. The van der Waals surface area contributed by atoms with Gasteiger partial charge in [0.15, 0.2) is 0 Å². The predicted molar refractivity (Wildman–Crippen MR) is 90.5 cm³/mol. The van der Waals surface area contributed by atoms with Crippen LogP contribution in [0.3, 0.4) is 0 Å². The lowest BCUT2D eigenvalue weighted by Gasteiger charge is -2.10. The van der Waals surface area contributed by atoms with E-state index in [-0.39, 0.29) is 18.0 Å². The fourth-order valence-electron chi connectivity index (χ4n) is 2.49. The number of aromatic nitrogens is 2. The van der Waals surface area contributed by atoms with Gasteiger partial charge in [0, 0.05) is 5.69 Å². The maximum atomic E-state index is 12.3. The van der Waals surface area contributed by atoms with Crippen molar-refractivity contribution in [2.45, 2.75) is 19.9 Å². The van der Waals surface area contributed by atoms with Crippen molar-refractivity contribution in [3.63, 3.8) is 0 Å². The Bertz CT molecular complexity index is 915. The van der Waals surface area contributed by atoms with Crippen LogP contribution in [0.4, 0.5) is 5.69 Å². The van der Waals surface area contributed by atoms with Gasteiger partial charge in [-0.25, -0.2) is 4.98 Å².